The number of sulfonamides is 1. The van der Waals surface area contributed by atoms with Crippen LogP contribution in [0.1, 0.15) is 24.8 Å². The number of carbonyl (C=O) groups is 1. The molecule has 7 heteroatoms. The van der Waals surface area contributed by atoms with Crippen molar-refractivity contribution < 1.29 is 13.2 Å². The van der Waals surface area contributed by atoms with E-state index in [-0.39, 0.29) is 18.5 Å². The molecule has 0 saturated carbocycles. The number of nitrogens with one attached hydrogen (secondary N) is 1. The number of aryl methyl sites for hydroxylation is 1. The molecule has 1 atom stereocenters. The Balaban J connectivity index is 1.86. The number of nitrogens with zero attached hydrogens (tertiary/aromatic N) is 2. The third-order valence-corrected chi connectivity index (χ3v) is 4.37. The summed E-state index contributed by atoms with van der Waals surface area (Å²) in [7, 11) is -3.33. The van der Waals surface area contributed by atoms with Crippen LogP contribution in [-0.2, 0) is 21.2 Å². The summed E-state index contributed by atoms with van der Waals surface area (Å²) in [4.78, 5) is 17.9. The van der Waals surface area contributed by atoms with E-state index in [1.165, 1.54) is 5.56 Å². The Morgan fingerprint density at radius 2 is 2.14 bits per heavy atom. The third kappa shape index (κ3) is 5.09. The van der Waals surface area contributed by atoms with Gasteiger partial charge in [-0.25, -0.2) is 13.1 Å². The average Bonchev–Trinajstić information content (AvgIpc) is 2.91. The monoisotopic (exact) mass is 311 g/mol. The Hall–Kier alpha value is -1.47. The smallest absolute Gasteiger partial charge is 0.237 e. The van der Waals surface area contributed by atoms with Crippen molar-refractivity contribution in [2.75, 3.05) is 19.3 Å². The van der Waals surface area contributed by atoms with E-state index in [1.807, 2.05) is 12.1 Å². The van der Waals surface area contributed by atoms with Crippen LogP contribution >= 0.6 is 0 Å². The second-order valence-corrected chi connectivity index (χ2v) is 7.20. The van der Waals surface area contributed by atoms with Gasteiger partial charge in [0.15, 0.2) is 0 Å². The van der Waals surface area contributed by atoms with Gasteiger partial charge in [-0.05, 0) is 43.4 Å². The van der Waals surface area contributed by atoms with Crippen LogP contribution in [0.4, 0.5) is 0 Å². The summed E-state index contributed by atoms with van der Waals surface area (Å²) in [6, 6.07) is 4.16. The fraction of sp³-hybridized carbons (Fsp3) is 0.571. The first kappa shape index (κ1) is 15.9. The number of carbonyl (C=O) groups excluding carboxylic acids is 1. The van der Waals surface area contributed by atoms with Gasteiger partial charge in [-0.15, -0.1) is 0 Å². The average molecular weight is 311 g/mol. The number of rotatable bonds is 6. The van der Waals surface area contributed by atoms with Crippen molar-refractivity contribution >= 4 is 15.9 Å². The highest BCUT2D eigenvalue weighted by atomic mass is 32.2. The molecule has 1 aliphatic rings. The Morgan fingerprint density at radius 1 is 1.43 bits per heavy atom. The summed E-state index contributed by atoms with van der Waals surface area (Å²) in [6.07, 6.45) is 8.35. The Morgan fingerprint density at radius 3 is 2.81 bits per heavy atom. The number of pyridine rings is 1. The highest BCUT2D eigenvalue weighted by Gasteiger charge is 2.28. The lowest BCUT2D eigenvalue weighted by molar-refractivity contribution is -0.130. The molecule has 21 heavy (non-hydrogen) atoms. The van der Waals surface area contributed by atoms with Crippen molar-refractivity contribution in [2.45, 2.75) is 31.7 Å². The van der Waals surface area contributed by atoms with Gasteiger partial charge in [-0.2, -0.15) is 0 Å². The zero-order chi connectivity index (χ0) is 15.3. The molecule has 1 aliphatic heterocycles. The van der Waals surface area contributed by atoms with Gasteiger partial charge in [-0.1, -0.05) is 0 Å². The van der Waals surface area contributed by atoms with E-state index in [1.54, 1.807) is 17.3 Å². The van der Waals surface area contributed by atoms with Crippen LogP contribution < -0.4 is 4.72 Å². The summed E-state index contributed by atoms with van der Waals surface area (Å²) >= 11 is 0. The van der Waals surface area contributed by atoms with Gasteiger partial charge in [0.25, 0.3) is 0 Å². The summed E-state index contributed by atoms with van der Waals surface area (Å²) in [5.74, 6) is -0.141. The van der Waals surface area contributed by atoms with E-state index in [9.17, 15) is 13.2 Å². The quantitative estimate of drug-likeness (QED) is 0.832. The second-order valence-electron chi connectivity index (χ2n) is 5.37. The molecule has 2 heterocycles. The zero-order valence-corrected chi connectivity index (χ0v) is 13.0. The molecule has 1 aromatic rings. The molecule has 0 spiro atoms. The van der Waals surface area contributed by atoms with Crippen molar-refractivity contribution in [1.29, 1.82) is 0 Å². The molecule has 116 valence electrons. The Kier molecular flexibility index (Phi) is 5.30. The molecule has 6 nitrogen and oxygen atoms in total. The standard InChI is InChI=1S/C14H21N3O3S/c1-21(19,20)16-11-14(18)17-10-2-3-13(17)5-4-12-6-8-15-9-7-12/h6-9,13,16H,2-5,10-11H2,1H3. The predicted octanol–water partition coefficient (Wildman–Crippen LogP) is 0.554. The van der Waals surface area contributed by atoms with E-state index < -0.39 is 10.0 Å². The first-order chi connectivity index (χ1) is 9.96. The van der Waals surface area contributed by atoms with Gasteiger partial charge >= 0.3 is 0 Å². The highest BCUT2D eigenvalue weighted by Crippen LogP contribution is 2.21. The van der Waals surface area contributed by atoms with Crippen molar-refractivity contribution in [3.05, 3.63) is 30.1 Å². The summed E-state index contributed by atoms with van der Waals surface area (Å²) < 4.78 is 24.4. The first-order valence-corrected chi connectivity index (χ1v) is 8.98. The number of aromatic nitrogens is 1. The van der Waals surface area contributed by atoms with E-state index in [4.69, 9.17) is 0 Å². The highest BCUT2D eigenvalue weighted by molar-refractivity contribution is 7.88. The normalized spacial score (nSPS) is 18.9. The molecular weight excluding hydrogens is 290 g/mol. The first-order valence-electron chi connectivity index (χ1n) is 7.09. The van der Waals surface area contributed by atoms with Crippen LogP contribution in [0.2, 0.25) is 0 Å². The maximum absolute atomic E-state index is 12.1. The van der Waals surface area contributed by atoms with E-state index >= 15 is 0 Å². The SMILES string of the molecule is CS(=O)(=O)NCC(=O)N1CCCC1CCc1ccncc1. The molecule has 2 rings (SSSR count). The van der Waals surface area contributed by atoms with Crippen LogP contribution in [0.5, 0.6) is 0 Å². The van der Waals surface area contributed by atoms with Crippen LogP contribution in [0.25, 0.3) is 0 Å². The van der Waals surface area contributed by atoms with Gasteiger partial charge in [-0.3, -0.25) is 9.78 Å². The molecular formula is C14H21N3O3S. The Bertz CT molecular complexity index is 574. The molecule has 0 aromatic carbocycles. The van der Waals surface area contributed by atoms with Crippen LogP contribution in [0.15, 0.2) is 24.5 Å². The van der Waals surface area contributed by atoms with E-state index in [0.717, 1.165) is 31.9 Å². The van der Waals surface area contributed by atoms with Gasteiger partial charge in [0, 0.05) is 25.0 Å². The molecule has 1 fully saturated rings. The van der Waals surface area contributed by atoms with Crippen LogP contribution in [0, 0.1) is 0 Å². The van der Waals surface area contributed by atoms with Crippen molar-refractivity contribution in [1.82, 2.24) is 14.6 Å². The van der Waals surface area contributed by atoms with Gasteiger partial charge in [0.2, 0.25) is 15.9 Å². The van der Waals surface area contributed by atoms with Crippen LogP contribution in [0.3, 0.4) is 0 Å². The Labute approximate surface area is 125 Å². The number of amides is 1. The largest absolute Gasteiger partial charge is 0.339 e. The topological polar surface area (TPSA) is 79.4 Å². The molecule has 1 amide bonds. The minimum absolute atomic E-state index is 0.141. The molecule has 1 saturated heterocycles. The summed E-state index contributed by atoms with van der Waals surface area (Å²) in [5, 5.41) is 0. The van der Waals surface area contributed by atoms with Crippen LogP contribution in [-0.4, -0.2) is 49.6 Å². The predicted molar refractivity (Wildman–Crippen MR) is 80.1 cm³/mol. The minimum atomic E-state index is -3.33. The molecule has 0 radical (unpaired) electrons. The van der Waals surface area contributed by atoms with E-state index in [2.05, 4.69) is 9.71 Å². The third-order valence-electron chi connectivity index (χ3n) is 3.70. The molecule has 1 aromatic heterocycles. The maximum Gasteiger partial charge on any atom is 0.237 e. The van der Waals surface area contributed by atoms with Gasteiger partial charge in [0.1, 0.15) is 0 Å². The van der Waals surface area contributed by atoms with Crippen molar-refractivity contribution in [2.24, 2.45) is 0 Å². The van der Waals surface area contributed by atoms with Gasteiger partial charge in [0.05, 0.1) is 12.8 Å². The fourth-order valence-corrected chi connectivity index (χ4v) is 3.03. The summed E-state index contributed by atoms with van der Waals surface area (Å²) in [5.41, 5.74) is 1.21. The van der Waals surface area contributed by atoms with Crippen molar-refractivity contribution in [3.8, 4) is 0 Å². The lowest BCUT2D eigenvalue weighted by Gasteiger charge is -2.24. The second kappa shape index (κ2) is 7.00. The van der Waals surface area contributed by atoms with Gasteiger partial charge < -0.3 is 4.90 Å². The summed E-state index contributed by atoms with van der Waals surface area (Å²) in [6.45, 7) is 0.565. The van der Waals surface area contributed by atoms with Crippen molar-refractivity contribution in [3.63, 3.8) is 0 Å². The minimum Gasteiger partial charge on any atom is -0.339 e. The fourth-order valence-electron chi connectivity index (χ4n) is 2.64. The molecule has 0 bridgehead atoms. The number of likely N-dealkylation sites (tertiary alicyclic amines) is 1. The number of hydrogen-bond donors (Lipinski definition) is 1. The van der Waals surface area contributed by atoms with E-state index in [0.29, 0.717) is 6.54 Å². The molecule has 0 aliphatic carbocycles. The number of hydrogen-bond acceptors (Lipinski definition) is 4. The molecule has 1 unspecified atom stereocenters. The lowest BCUT2D eigenvalue weighted by atomic mass is 10.0. The lowest BCUT2D eigenvalue weighted by Crippen LogP contribution is -2.42. The maximum atomic E-state index is 12.1. The molecule has 1 N–H and O–H groups in total. The zero-order valence-electron chi connectivity index (χ0n) is 12.2.